The van der Waals surface area contributed by atoms with Crippen molar-refractivity contribution >= 4 is 0 Å². The van der Waals surface area contributed by atoms with Crippen molar-refractivity contribution in [3.05, 3.63) is 0 Å². The van der Waals surface area contributed by atoms with Gasteiger partial charge < -0.3 is 5.32 Å². The lowest BCUT2D eigenvalue weighted by Gasteiger charge is -2.34. The van der Waals surface area contributed by atoms with Gasteiger partial charge in [0, 0.05) is 6.04 Å². The van der Waals surface area contributed by atoms with Gasteiger partial charge >= 0.3 is 0 Å². The lowest BCUT2D eigenvalue weighted by Crippen LogP contribution is -2.43. The van der Waals surface area contributed by atoms with Gasteiger partial charge in [0.25, 0.3) is 0 Å². The van der Waals surface area contributed by atoms with Crippen molar-refractivity contribution in [2.75, 3.05) is 6.54 Å². The zero-order chi connectivity index (χ0) is 6.97. The zero-order valence-electron chi connectivity index (χ0n) is 6.77. The summed E-state index contributed by atoms with van der Waals surface area (Å²) in [5.41, 5.74) is 0. The van der Waals surface area contributed by atoms with E-state index in [2.05, 4.69) is 12.2 Å². The first-order valence-electron chi connectivity index (χ1n) is 4.59. The van der Waals surface area contributed by atoms with E-state index >= 15 is 0 Å². The molecule has 0 aliphatic heterocycles. The number of rotatable bonds is 3. The Hall–Kier alpha value is -0.0400. The number of hydrogen-bond acceptors (Lipinski definition) is 1. The van der Waals surface area contributed by atoms with E-state index in [4.69, 9.17) is 0 Å². The zero-order valence-corrected chi connectivity index (χ0v) is 6.77. The van der Waals surface area contributed by atoms with Crippen LogP contribution in [-0.4, -0.2) is 12.6 Å². The monoisotopic (exact) mass is 139 g/mol. The molecule has 0 radical (unpaired) electrons. The van der Waals surface area contributed by atoms with Gasteiger partial charge in [0.1, 0.15) is 0 Å². The lowest BCUT2D eigenvalue weighted by atomic mass is 9.81. The molecule has 2 aliphatic carbocycles. The van der Waals surface area contributed by atoms with Gasteiger partial charge in [-0.1, -0.05) is 6.92 Å². The molecule has 0 saturated heterocycles. The SMILES string of the molecule is CC1CCC1NCC1CC1. The highest BCUT2D eigenvalue weighted by Crippen LogP contribution is 2.30. The van der Waals surface area contributed by atoms with Crippen molar-refractivity contribution in [3.63, 3.8) is 0 Å². The molecule has 0 bridgehead atoms. The topological polar surface area (TPSA) is 12.0 Å². The maximum Gasteiger partial charge on any atom is 0.00929 e. The van der Waals surface area contributed by atoms with Crippen molar-refractivity contribution in [3.8, 4) is 0 Å². The highest BCUT2D eigenvalue weighted by atomic mass is 14.9. The Kier molecular flexibility index (Phi) is 1.69. The van der Waals surface area contributed by atoms with Gasteiger partial charge in [-0.2, -0.15) is 0 Å². The Balaban J connectivity index is 1.60. The molecule has 1 nitrogen and oxygen atoms in total. The maximum absolute atomic E-state index is 3.63. The molecule has 2 rings (SSSR count). The average molecular weight is 139 g/mol. The third-order valence-electron chi connectivity index (χ3n) is 2.99. The fourth-order valence-electron chi connectivity index (χ4n) is 1.61. The quantitative estimate of drug-likeness (QED) is 0.628. The third-order valence-corrected chi connectivity index (χ3v) is 2.99. The van der Waals surface area contributed by atoms with Crippen molar-refractivity contribution in [1.29, 1.82) is 0 Å². The summed E-state index contributed by atoms with van der Waals surface area (Å²) < 4.78 is 0. The molecular weight excluding hydrogens is 122 g/mol. The summed E-state index contributed by atoms with van der Waals surface area (Å²) in [6, 6.07) is 0.876. The summed E-state index contributed by atoms with van der Waals surface area (Å²) >= 11 is 0. The maximum atomic E-state index is 3.63. The van der Waals surface area contributed by atoms with Gasteiger partial charge in [-0.3, -0.25) is 0 Å². The van der Waals surface area contributed by atoms with Crippen LogP contribution in [0, 0.1) is 11.8 Å². The molecule has 2 aliphatic rings. The minimum absolute atomic E-state index is 0.876. The smallest absolute Gasteiger partial charge is 0.00929 e. The van der Waals surface area contributed by atoms with E-state index in [-0.39, 0.29) is 0 Å². The molecule has 2 saturated carbocycles. The van der Waals surface area contributed by atoms with Crippen LogP contribution in [0.1, 0.15) is 32.6 Å². The van der Waals surface area contributed by atoms with E-state index < -0.39 is 0 Å². The molecule has 10 heavy (non-hydrogen) atoms. The minimum atomic E-state index is 0.876. The first-order valence-corrected chi connectivity index (χ1v) is 4.59. The van der Waals surface area contributed by atoms with Crippen LogP contribution < -0.4 is 5.32 Å². The fraction of sp³-hybridized carbons (Fsp3) is 1.00. The average Bonchev–Trinajstić information content (AvgIpc) is 2.69. The molecule has 0 aromatic rings. The van der Waals surface area contributed by atoms with E-state index in [1.807, 2.05) is 0 Å². The minimum Gasteiger partial charge on any atom is -0.313 e. The summed E-state index contributed by atoms with van der Waals surface area (Å²) in [5, 5.41) is 3.63. The van der Waals surface area contributed by atoms with Crippen LogP contribution in [-0.2, 0) is 0 Å². The van der Waals surface area contributed by atoms with Crippen LogP contribution in [0.2, 0.25) is 0 Å². The number of hydrogen-bond donors (Lipinski definition) is 1. The van der Waals surface area contributed by atoms with Crippen molar-refractivity contribution in [2.45, 2.75) is 38.6 Å². The molecule has 1 heteroatoms. The predicted octanol–water partition coefficient (Wildman–Crippen LogP) is 1.78. The highest BCUT2D eigenvalue weighted by Gasteiger charge is 2.28. The fourth-order valence-corrected chi connectivity index (χ4v) is 1.61. The van der Waals surface area contributed by atoms with Gasteiger partial charge in [0.05, 0.1) is 0 Å². The van der Waals surface area contributed by atoms with Crippen LogP contribution in [0.15, 0.2) is 0 Å². The Labute approximate surface area is 63.2 Å². The molecule has 58 valence electrons. The van der Waals surface area contributed by atoms with Crippen LogP contribution >= 0.6 is 0 Å². The molecule has 0 heterocycles. The van der Waals surface area contributed by atoms with Crippen molar-refractivity contribution in [1.82, 2.24) is 5.32 Å². The van der Waals surface area contributed by atoms with E-state index in [1.165, 1.54) is 32.2 Å². The second-order valence-electron chi connectivity index (χ2n) is 4.01. The van der Waals surface area contributed by atoms with Gasteiger partial charge in [-0.05, 0) is 44.1 Å². The van der Waals surface area contributed by atoms with Gasteiger partial charge in [-0.25, -0.2) is 0 Å². The summed E-state index contributed by atoms with van der Waals surface area (Å²) in [6.07, 6.45) is 5.83. The first kappa shape index (κ1) is 6.66. The lowest BCUT2D eigenvalue weighted by molar-refractivity contribution is 0.228. The molecule has 2 unspecified atom stereocenters. The molecule has 2 atom stereocenters. The Morgan fingerprint density at radius 2 is 2.00 bits per heavy atom. The van der Waals surface area contributed by atoms with Gasteiger partial charge in [-0.15, -0.1) is 0 Å². The Bertz CT molecular complexity index is 118. The second-order valence-corrected chi connectivity index (χ2v) is 4.01. The van der Waals surface area contributed by atoms with Crippen molar-refractivity contribution in [2.24, 2.45) is 11.8 Å². The molecule has 0 aromatic carbocycles. The Morgan fingerprint density at radius 1 is 1.20 bits per heavy atom. The molecule has 0 aromatic heterocycles. The van der Waals surface area contributed by atoms with Gasteiger partial charge in [0.2, 0.25) is 0 Å². The molecular formula is C9H17N. The van der Waals surface area contributed by atoms with E-state index in [1.54, 1.807) is 0 Å². The summed E-state index contributed by atoms with van der Waals surface area (Å²) in [7, 11) is 0. The second kappa shape index (κ2) is 2.54. The van der Waals surface area contributed by atoms with E-state index in [0.29, 0.717) is 0 Å². The molecule has 0 amide bonds. The highest BCUT2D eigenvalue weighted by molar-refractivity contribution is 4.86. The normalized spacial score (nSPS) is 39.3. The summed E-state index contributed by atoms with van der Waals surface area (Å²) in [4.78, 5) is 0. The predicted molar refractivity (Wildman–Crippen MR) is 42.9 cm³/mol. The molecule has 0 spiro atoms. The standard InChI is InChI=1S/C9H17N/c1-7-2-5-9(7)10-6-8-3-4-8/h7-10H,2-6H2,1H3. The molecule has 2 fully saturated rings. The molecule has 1 N–H and O–H groups in total. The summed E-state index contributed by atoms with van der Waals surface area (Å²) in [5.74, 6) is 2.01. The van der Waals surface area contributed by atoms with Crippen LogP contribution in [0.25, 0.3) is 0 Å². The van der Waals surface area contributed by atoms with Crippen LogP contribution in [0.3, 0.4) is 0 Å². The van der Waals surface area contributed by atoms with E-state index in [0.717, 1.165) is 17.9 Å². The summed E-state index contributed by atoms with van der Waals surface area (Å²) in [6.45, 7) is 3.66. The first-order chi connectivity index (χ1) is 4.86. The van der Waals surface area contributed by atoms with Crippen LogP contribution in [0.4, 0.5) is 0 Å². The van der Waals surface area contributed by atoms with E-state index in [9.17, 15) is 0 Å². The largest absolute Gasteiger partial charge is 0.313 e. The van der Waals surface area contributed by atoms with Gasteiger partial charge in [0.15, 0.2) is 0 Å². The Morgan fingerprint density at radius 3 is 2.40 bits per heavy atom. The van der Waals surface area contributed by atoms with Crippen LogP contribution in [0.5, 0.6) is 0 Å². The third kappa shape index (κ3) is 1.34. The number of nitrogens with one attached hydrogen (secondary N) is 1. The van der Waals surface area contributed by atoms with Crippen molar-refractivity contribution < 1.29 is 0 Å².